The number of aryl methyl sites for hydroxylation is 1. The van der Waals surface area contributed by atoms with Gasteiger partial charge in [-0.1, -0.05) is 38.1 Å². The fourth-order valence-corrected chi connectivity index (χ4v) is 3.22. The van der Waals surface area contributed by atoms with E-state index in [2.05, 4.69) is 24.1 Å². The lowest BCUT2D eigenvalue weighted by atomic mass is 9.91. The second kappa shape index (κ2) is 7.91. The van der Waals surface area contributed by atoms with Crippen LogP contribution in [0.3, 0.4) is 0 Å². The van der Waals surface area contributed by atoms with Crippen molar-refractivity contribution in [1.82, 2.24) is 14.7 Å². The zero-order chi connectivity index (χ0) is 19.6. The molecule has 0 saturated heterocycles. The smallest absolute Gasteiger partial charge is 0.221 e. The Morgan fingerprint density at radius 3 is 2.63 bits per heavy atom. The van der Waals surface area contributed by atoms with E-state index >= 15 is 0 Å². The van der Waals surface area contributed by atoms with E-state index < -0.39 is 5.92 Å². The van der Waals surface area contributed by atoms with Crippen molar-refractivity contribution in [2.24, 2.45) is 5.92 Å². The maximum absolute atomic E-state index is 14.6. The first kappa shape index (κ1) is 19.1. The number of hydrogen-bond donors (Lipinski definition) is 1. The molecule has 1 aromatic carbocycles. The second-order valence-corrected chi connectivity index (χ2v) is 7.45. The average Bonchev–Trinajstić information content (AvgIpc) is 3.05. The molecule has 0 bridgehead atoms. The molecule has 0 fully saturated rings. The van der Waals surface area contributed by atoms with Crippen molar-refractivity contribution in [1.29, 1.82) is 0 Å². The summed E-state index contributed by atoms with van der Waals surface area (Å²) >= 11 is 0. The van der Waals surface area contributed by atoms with Crippen LogP contribution >= 0.6 is 0 Å². The minimum absolute atomic E-state index is 0.0585. The lowest BCUT2D eigenvalue weighted by Crippen LogP contribution is -2.37. The molecule has 2 heterocycles. The number of rotatable bonds is 6. The minimum atomic E-state index is -0.414. The number of carbonyl (C=O) groups is 1. The van der Waals surface area contributed by atoms with Crippen molar-refractivity contribution < 1.29 is 9.18 Å². The van der Waals surface area contributed by atoms with Crippen LogP contribution in [0.25, 0.3) is 5.65 Å². The predicted molar refractivity (Wildman–Crippen MR) is 105 cm³/mol. The van der Waals surface area contributed by atoms with Crippen molar-refractivity contribution in [2.45, 2.75) is 46.1 Å². The fraction of sp³-hybridized carbons (Fsp3) is 0.364. The number of hydrogen-bond acceptors (Lipinski definition) is 2. The SMILES string of the molecule is Cc1cccn2c(C(CC(=O)NC(C)C(C)C)c3ccccc3F)cnc12. The molecule has 0 aliphatic rings. The first-order valence-corrected chi connectivity index (χ1v) is 9.34. The zero-order valence-electron chi connectivity index (χ0n) is 16.2. The summed E-state index contributed by atoms with van der Waals surface area (Å²) in [6, 6.07) is 10.6. The van der Waals surface area contributed by atoms with Crippen LogP contribution in [0, 0.1) is 18.7 Å². The summed E-state index contributed by atoms with van der Waals surface area (Å²) in [5, 5.41) is 3.03. The van der Waals surface area contributed by atoms with Gasteiger partial charge >= 0.3 is 0 Å². The molecule has 1 N–H and O–H groups in total. The van der Waals surface area contributed by atoms with Gasteiger partial charge in [-0.05, 0) is 43.0 Å². The highest BCUT2D eigenvalue weighted by molar-refractivity contribution is 5.78. The Balaban J connectivity index is 2.01. The van der Waals surface area contributed by atoms with Crippen molar-refractivity contribution in [3.05, 3.63) is 71.4 Å². The first-order chi connectivity index (χ1) is 12.9. The molecule has 0 spiro atoms. The van der Waals surface area contributed by atoms with Gasteiger partial charge in [0.15, 0.2) is 0 Å². The van der Waals surface area contributed by atoms with E-state index in [9.17, 15) is 9.18 Å². The molecule has 3 rings (SSSR count). The van der Waals surface area contributed by atoms with Gasteiger partial charge in [-0.15, -0.1) is 0 Å². The maximum Gasteiger partial charge on any atom is 0.221 e. The molecule has 4 nitrogen and oxygen atoms in total. The molecule has 142 valence electrons. The monoisotopic (exact) mass is 367 g/mol. The normalized spacial score (nSPS) is 13.7. The molecule has 0 aliphatic heterocycles. The third-order valence-electron chi connectivity index (χ3n) is 5.18. The average molecular weight is 367 g/mol. The number of imidazole rings is 1. The van der Waals surface area contributed by atoms with Gasteiger partial charge in [0.2, 0.25) is 5.91 Å². The molecular weight excluding hydrogens is 341 g/mol. The summed E-state index contributed by atoms with van der Waals surface area (Å²) in [7, 11) is 0. The van der Waals surface area contributed by atoms with Gasteiger partial charge in [0.05, 0.1) is 5.69 Å². The quantitative estimate of drug-likeness (QED) is 0.699. The van der Waals surface area contributed by atoms with Gasteiger partial charge in [0.1, 0.15) is 11.5 Å². The number of halogens is 1. The third kappa shape index (κ3) is 4.02. The lowest BCUT2D eigenvalue weighted by Gasteiger charge is -2.21. The Labute approximate surface area is 159 Å². The van der Waals surface area contributed by atoms with Crippen LogP contribution in [0.2, 0.25) is 0 Å². The Morgan fingerprint density at radius 2 is 1.93 bits per heavy atom. The highest BCUT2D eigenvalue weighted by Gasteiger charge is 2.25. The van der Waals surface area contributed by atoms with E-state index in [-0.39, 0.29) is 24.2 Å². The molecule has 2 aromatic heterocycles. The number of aromatic nitrogens is 2. The molecule has 3 aromatic rings. The summed E-state index contributed by atoms with van der Waals surface area (Å²) in [4.78, 5) is 17.2. The molecule has 0 radical (unpaired) electrons. The Kier molecular flexibility index (Phi) is 5.59. The van der Waals surface area contributed by atoms with Gasteiger partial charge in [-0.3, -0.25) is 4.79 Å². The standard InChI is InChI=1S/C22H26FN3O/c1-14(2)16(4)25-21(27)12-18(17-9-5-6-10-19(17)23)20-13-24-22-15(3)8-7-11-26(20)22/h5-11,13-14,16,18H,12H2,1-4H3,(H,25,27). The van der Waals surface area contributed by atoms with Crippen molar-refractivity contribution >= 4 is 11.6 Å². The molecule has 27 heavy (non-hydrogen) atoms. The van der Waals surface area contributed by atoms with E-state index in [1.807, 2.05) is 36.6 Å². The molecular formula is C22H26FN3O. The van der Waals surface area contributed by atoms with E-state index in [1.165, 1.54) is 6.07 Å². The first-order valence-electron chi connectivity index (χ1n) is 9.34. The van der Waals surface area contributed by atoms with Crippen LogP contribution in [0.1, 0.15) is 49.9 Å². The molecule has 0 aliphatic carbocycles. The molecule has 5 heteroatoms. The molecule has 2 atom stereocenters. The summed E-state index contributed by atoms with van der Waals surface area (Å²) in [6.07, 6.45) is 3.82. The Morgan fingerprint density at radius 1 is 1.19 bits per heavy atom. The zero-order valence-corrected chi connectivity index (χ0v) is 16.2. The van der Waals surface area contributed by atoms with Crippen LogP contribution < -0.4 is 5.32 Å². The van der Waals surface area contributed by atoms with Crippen molar-refractivity contribution in [3.8, 4) is 0 Å². The second-order valence-electron chi connectivity index (χ2n) is 7.45. The summed E-state index contributed by atoms with van der Waals surface area (Å²) in [5.74, 6) is -0.483. The van der Waals surface area contributed by atoms with E-state index in [0.717, 1.165) is 16.9 Å². The number of carbonyl (C=O) groups excluding carboxylic acids is 1. The van der Waals surface area contributed by atoms with Gasteiger partial charge in [-0.25, -0.2) is 9.37 Å². The summed E-state index contributed by atoms with van der Waals surface area (Å²) in [5.41, 5.74) is 3.18. The van der Waals surface area contributed by atoms with Crippen LogP contribution in [0.5, 0.6) is 0 Å². The van der Waals surface area contributed by atoms with E-state index in [4.69, 9.17) is 0 Å². The van der Waals surface area contributed by atoms with E-state index in [1.54, 1.807) is 24.4 Å². The number of nitrogens with one attached hydrogen (secondary N) is 1. The number of nitrogens with zero attached hydrogens (tertiary/aromatic N) is 2. The van der Waals surface area contributed by atoms with Crippen LogP contribution in [-0.2, 0) is 4.79 Å². The molecule has 0 saturated carbocycles. The number of pyridine rings is 1. The van der Waals surface area contributed by atoms with Crippen molar-refractivity contribution in [3.63, 3.8) is 0 Å². The Bertz CT molecular complexity index is 948. The largest absolute Gasteiger partial charge is 0.353 e. The van der Waals surface area contributed by atoms with Crippen LogP contribution in [-0.4, -0.2) is 21.3 Å². The Hall–Kier alpha value is -2.69. The number of fused-ring (bicyclic) bond motifs is 1. The third-order valence-corrected chi connectivity index (χ3v) is 5.18. The lowest BCUT2D eigenvalue weighted by molar-refractivity contribution is -0.122. The van der Waals surface area contributed by atoms with Crippen LogP contribution in [0.15, 0.2) is 48.8 Å². The van der Waals surface area contributed by atoms with Gasteiger partial charge < -0.3 is 9.72 Å². The number of benzene rings is 1. The summed E-state index contributed by atoms with van der Waals surface area (Å²) in [6.45, 7) is 8.10. The fourth-order valence-electron chi connectivity index (χ4n) is 3.22. The summed E-state index contributed by atoms with van der Waals surface area (Å²) < 4.78 is 16.5. The topological polar surface area (TPSA) is 46.4 Å². The molecule has 2 unspecified atom stereocenters. The minimum Gasteiger partial charge on any atom is -0.353 e. The van der Waals surface area contributed by atoms with Crippen molar-refractivity contribution in [2.75, 3.05) is 0 Å². The highest BCUT2D eigenvalue weighted by atomic mass is 19.1. The maximum atomic E-state index is 14.6. The van der Waals surface area contributed by atoms with Crippen LogP contribution in [0.4, 0.5) is 4.39 Å². The van der Waals surface area contributed by atoms with Gasteiger partial charge in [-0.2, -0.15) is 0 Å². The van der Waals surface area contributed by atoms with Gasteiger partial charge in [0.25, 0.3) is 0 Å². The number of amides is 1. The highest BCUT2D eigenvalue weighted by Crippen LogP contribution is 2.31. The predicted octanol–water partition coefficient (Wildman–Crippen LogP) is 4.46. The van der Waals surface area contributed by atoms with Gasteiger partial charge in [0, 0.05) is 30.8 Å². The molecule has 1 amide bonds. The van der Waals surface area contributed by atoms with E-state index in [0.29, 0.717) is 11.5 Å².